The molecule has 0 amide bonds. The lowest BCUT2D eigenvalue weighted by Gasteiger charge is -2.21. The predicted octanol–water partition coefficient (Wildman–Crippen LogP) is -1.91. The summed E-state index contributed by atoms with van der Waals surface area (Å²) in [4.78, 5) is 0. The highest BCUT2D eigenvalue weighted by Gasteiger charge is 2.47. The van der Waals surface area contributed by atoms with E-state index in [1.165, 1.54) is 14.2 Å². The summed E-state index contributed by atoms with van der Waals surface area (Å²) in [5.41, 5.74) is 0. The van der Waals surface area contributed by atoms with Gasteiger partial charge in [-0.15, -0.1) is 0 Å². The minimum atomic E-state index is -1.09. The van der Waals surface area contributed by atoms with Gasteiger partial charge in [-0.2, -0.15) is 0 Å². The summed E-state index contributed by atoms with van der Waals surface area (Å²) in [7, 11) is 2.78. The maximum Gasteiger partial charge on any atom is 0.186 e. The number of aliphatic hydroxyl groups excluding tert-OH is 3. The summed E-state index contributed by atoms with van der Waals surface area (Å²) in [6.07, 6.45) is -4.34. The zero-order valence-electron chi connectivity index (χ0n) is 8.16. The van der Waals surface area contributed by atoms with Crippen LogP contribution in [-0.2, 0) is 14.2 Å². The van der Waals surface area contributed by atoms with E-state index in [1.807, 2.05) is 0 Å². The van der Waals surface area contributed by atoms with Gasteiger partial charge < -0.3 is 29.5 Å². The van der Waals surface area contributed by atoms with Crippen molar-refractivity contribution in [3.05, 3.63) is 0 Å². The van der Waals surface area contributed by atoms with Gasteiger partial charge in [-0.05, 0) is 0 Å². The van der Waals surface area contributed by atoms with Crippen molar-refractivity contribution in [2.75, 3.05) is 20.8 Å². The number of aliphatic hydroxyl groups is 3. The minimum absolute atomic E-state index is 0.451. The summed E-state index contributed by atoms with van der Waals surface area (Å²) >= 11 is 0. The van der Waals surface area contributed by atoms with Crippen LogP contribution >= 0.6 is 0 Å². The van der Waals surface area contributed by atoms with Gasteiger partial charge in [-0.25, -0.2) is 0 Å². The Morgan fingerprint density at radius 2 is 2.00 bits per heavy atom. The third-order valence-corrected chi connectivity index (χ3v) is 2.30. The van der Waals surface area contributed by atoms with Crippen molar-refractivity contribution in [3.63, 3.8) is 0 Å². The Hall–Kier alpha value is -0.240. The van der Waals surface area contributed by atoms with E-state index in [0.29, 0.717) is 0 Å². The maximum atomic E-state index is 9.60. The first kappa shape index (κ1) is 11.8. The number of methoxy groups -OCH3 is 2. The monoisotopic (exact) mass is 208 g/mol. The van der Waals surface area contributed by atoms with Gasteiger partial charge in [0.25, 0.3) is 0 Å². The Morgan fingerprint density at radius 3 is 2.43 bits per heavy atom. The van der Waals surface area contributed by atoms with Gasteiger partial charge in [0.05, 0.1) is 6.61 Å². The molecule has 0 bridgehead atoms. The first-order valence-corrected chi connectivity index (χ1v) is 4.33. The van der Waals surface area contributed by atoms with Crippen LogP contribution in [0.2, 0.25) is 0 Å². The van der Waals surface area contributed by atoms with E-state index in [-0.39, 0.29) is 0 Å². The van der Waals surface area contributed by atoms with E-state index >= 15 is 0 Å². The van der Waals surface area contributed by atoms with E-state index in [0.717, 1.165) is 0 Å². The van der Waals surface area contributed by atoms with Crippen LogP contribution in [0.4, 0.5) is 0 Å². The summed E-state index contributed by atoms with van der Waals surface area (Å²) in [5.74, 6) is 0. The Morgan fingerprint density at radius 1 is 1.36 bits per heavy atom. The first-order chi connectivity index (χ1) is 6.65. The molecule has 1 aliphatic rings. The Balaban J connectivity index is 2.67. The van der Waals surface area contributed by atoms with E-state index in [9.17, 15) is 10.2 Å². The van der Waals surface area contributed by atoms with E-state index in [2.05, 4.69) is 0 Å². The molecule has 1 rings (SSSR count). The molecule has 6 nitrogen and oxygen atoms in total. The highest BCUT2D eigenvalue weighted by molar-refractivity contribution is 4.91. The van der Waals surface area contributed by atoms with Gasteiger partial charge in [-0.3, -0.25) is 0 Å². The van der Waals surface area contributed by atoms with E-state index in [4.69, 9.17) is 19.3 Å². The molecule has 5 atom stereocenters. The Labute approximate surface area is 82.0 Å². The number of ether oxygens (including phenoxy) is 3. The van der Waals surface area contributed by atoms with Gasteiger partial charge in [0.15, 0.2) is 6.29 Å². The van der Waals surface area contributed by atoms with Crippen LogP contribution in [0.1, 0.15) is 0 Å². The zero-order chi connectivity index (χ0) is 10.7. The van der Waals surface area contributed by atoms with E-state index in [1.54, 1.807) is 0 Å². The summed E-state index contributed by atoms with van der Waals surface area (Å²) < 4.78 is 15.0. The molecule has 0 saturated carbocycles. The normalized spacial score (nSPS) is 40.1. The minimum Gasteiger partial charge on any atom is -0.394 e. The molecule has 0 radical (unpaired) electrons. The standard InChI is InChI=1S/C8H16O6/c1-12-7-5(11)8(13-2)14-6(7)4(10)3-9/h4-11H,3H2,1-2H3/t4-,5?,6+,7?,8-/m1/s1. The molecule has 1 fully saturated rings. The topological polar surface area (TPSA) is 88.4 Å². The van der Waals surface area contributed by atoms with Crippen LogP contribution in [0.15, 0.2) is 0 Å². The molecule has 3 N–H and O–H groups in total. The molecule has 1 saturated heterocycles. The average Bonchev–Trinajstić information content (AvgIpc) is 2.53. The molecule has 0 aromatic carbocycles. The van der Waals surface area contributed by atoms with Gasteiger partial charge >= 0.3 is 0 Å². The molecule has 0 aliphatic carbocycles. The largest absolute Gasteiger partial charge is 0.394 e. The molecule has 1 heterocycles. The fourth-order valence-electron chi connectivity index (χ4n) is 1.54. The molecular weight excluding hydrogens is 192 g/mol. The van der Waals surface area contributed by atoms with Crippen molar-refractivity contribution in [1.29, 1.82) is 0 Å². The molecule has 84 valence electrons. The Bertz CT molecular complexity index is 175. The first-order valence-electron chi connectivity index (χ1n) is 4.33. The molecule has 0 aromatic heterocycles. The molecule has 0 spiro atoms. The van der Waals surface area contributed by atoms with Gasteiger partial charge in [0.1, 0.15) is 24.4 Å². The third-order valence-electron chi connectivity index (χ3n) is 2.30. The van der Waals surface area contributed by atoms with E-state index < -0.39 is 37.3 Å². The predicted molar refractivity (Wildman–Crippen MR) is 45.6 cm³/mol. The lowest BCUT2D eigenvalue weighted by molar-refractivity contribution is -0.166. The maximum absolute atomic E-state index is 9.60. The van der Waals surface area contributed by atoms with Crippen molar-refractivity contribution >= 4 is 0 Å². The van der Waals surface area contributed by atoms with Crippen LogP contribution in [-0.4, -0.2) is 66.9 Å². The fourth-order valence-corrected chi connectivity index (χ4v) is 1.54. The van der Waals surface area contributed by atoms with Crippen LogP contribution in [0.3, 0.4) is 0 Å². The number of hydrogen-bond acceptors (Lipinski definition) is 6. The summed E-state index contributed by atoms with van der Waals surface area (Å²) in [6, 6.07) is 0. The lowest BCUT2D eigenvalue weighted by Crippen LogP contribution is -2.41. The fraction of sp³-hybridized carbons (Fsp3) is 1.00. The highest BCUT2D eigenvalue weighted by Crippen LogP contribution is 2.26. The van der Waals surface area contributed by atoms with Gasteiger partial charge in [0.2, 0.25) is 0 Å². The number of hydrogen-bond donors (Lipinski definition) is 3. The summed E-state index contributed by atoms with van der Waals surface area (Å²) in [6.45, 7) is -0.451. The molecule has 0 aromatic rings. The Kier molecular flexibility index (Phi) is 4.24. The smallest absolute Gasteiger partial charge is 0.186 e. The SMILES string of the molecule is COC1C(O)[C@H](OC)O[C@H]1[C@H](O)CO. The van der Waals surface area contributed by atoms with Gasteiger partial charge in [-0.1, -0.05) is 0 Å². The van der Waals surface area contributed by atoms with Crippen LogP contribution in [0.25, 0.3) is 0 Å². The highest BCUT2D eigenvalue weighted by atomic mass is 16.7. The van der Waals surface area contributed by atoms with Crippen molar-refractivity contribution in [3.8, 4) is 0 Å². The molecule has 14 heavy (non-hydrogen) atoms. The van der Waals surface area contributed by atoms with Crippen LogP contribution < -0.4 is 0 Å². The third kappa shape index (κ3) is 2.05. The molecule has 6 heteroatoms. The second-order valence-corrected chi connectivity index (χ2v) is 3.15. The van der Waals surface area contributed by atoms with Crippen LogP contribution in [0, 0.1) is 0 Å². The summed E-state index contributed by atoms with van der Waals surface area (Å²) in [5, 5.41) is 27.7. The quantitative estimate of drug-likeness (QED) is 0.499. The second-order valence-electron chi connectivity index (χ2n) is 3.15. The van der Waals surface area contributed by atoms with Crippen molar-refractivity contribution < 1.29 is 29.5 Å². The second kappa shape index (κ2) is 5.01. The zero-order valence-corrected chi connectivity index (χ0v) is 8.16. The lowest BCUT2D eigenvalue weighted by atomic mass is 10.1. The van der Waals surface area contributed by atoms with Crippen molar-refractivity contribution in [1.82, 2.24) is 0 Å². The molecule has 1 aliphatic heterocycles. The van der Waals surface area contributed by atoms with Crippen molar-refractivity contribution in [2.45, 2.75) is 30.7 Å². The van der Waals surface area contributed by atoms with Gasteiger partial charge in [0, 0.05) is 14.2 Å². The molecule has 2 unspecified atom stereocenters. The average molecular weight is 208 g/mol. The molecular formula is C8H16O6. The van der Waals surface area contributed by atoms with Crippen molar-refractivity contribution in [2.24, 2.45) is 0 Å². The van der Waals surface area contributed by atoms with Crippen LogP contribution in [0.5, 0.6) is 0 Å². The number of rotatable bonds is 4.